The second-order valence-corrected chi connectivity index (χ2v) is 3.67. The van der Waals surface area contributed by atoms with Gasteiger partial charge in [-0.05, 0) is 0 Å². The Hall–Kier alpha value is 0.450. The number of hydrogen-bond acceptors (Lipinski definition) is 3. The van der Waals surface area contributed by atoms with Gasteiger partial charge < -0.3 is 0 Å². The Morgan fingerprint density at radius 1 is 1.56 bits per heavy atom. The van der Waals surface area contributed by atoms with Crippen molar-refractivity contribution in [2.45, 2.75) is 4.84 Å². The number of alkyl halides is 2. The third-order valence-electron chi connectivity index (χ3n) is 0.358. The number of rotatable bonds is 3. The Balaban J connectivity index is 3.53. The molecule has 0 aliphatic carbocycles. The van der Waals surface area contributed by atoms with Crippen molar-refractivity contribution in [3.05, 3.63) is 0 Å². The molecule has 0 aliphatic heterocycles. The number of nitrogens with two attached hydrogens (primary N) is 1. The Kier molecular flexibility index (Phi) is 3.76. The molecule has 0 bridgehead atoms. The third-order valence-corrected chi connectivity index (χ3v) is 1.07. The van der Waals surface area contributed by atoms with Gasteiger partial charge in [-0.3, -0.25) is 4.18 Å². The van der Waals surface area contributed by atoms with Gasteiger partial charge in [-0.2, -0.15) is 8.42 Å². The molecule has 0 saturated carbocycles. The highest BCUT2D eigenvalue weighted by atomic mass is 35.5. The van der Waals surface area contributed by atoms with E-state index in [1.165, 1.54) is 0 Å². The summed E-state index contributed by atoms with van der Waals surface area (Å²) in [6.45, 7) is -0.318. The molecule has 0 amide bonds. The molecule has 0 radical (unpaired) electrons. The quantitative estimate of drug-likeness (QED) is 0.643. The summed E-state index contributed by atoms with van der Waals surface area (Å²) in [6, 6.07) is 0. The molecule has 0 aromatic rings. The van der Waals surface area contributed by atoms with Crippen LogP contribution in [-0.4, -0.2) is 19.9 Å². The van der Waals surface area contributed by atoms with Gasteiger partial charge >= 0.3 is 10.3 Å². The van der Waals surface area contributed by atoms with Crippen LogP contribution in [0, 0.1) is 0 Å². The summed E-state index contributed by atoms with van der Waals surface area (Å²) in [5.41, 5.74) is 0. The summed E-state index contributed by atoms with van der Waals surface area (Å²) in [6.07, 6.45) is 0. The van der Waals surface area contributed by atoms with Crippen molar-refractivity contribution >= 4 is 33.5 Å². The van der Waals surface area contributed by atoms with Crippen LogP contribution >= 0.6 is 23.2 Å². The minimum absolute atomic E-state index is 0.318. The van der Waals surface area contributed by atoms with Crippen LogP contribution in [0.1, 0.15) is 0 Å². The predicted molar refractivity (Wildman–Crippen MR) is 34.6 cm³/mol. The first kappa shape index (κ1) is 9.45. The van der Waals surface area contributed by atoms with Gasteiger partial charge in [0.15, 0.2) is 0 Å². The lowest BCUT2D eigenvalue weighted by molar-refractivity contribution is 0.334. The Labute approximate surface area is 63.1 Å². The molecule has 0 unspecified atom stereocenters. The SMILES string of the molecule is NS(=O)(=O)OCC(Cl)Cl. The number of hydrogen-bond donors (Lipinski definition) is 1. The van der Waals surface area contributed by atoms with E-state index < -0.39 is 15.1 Å². The van der Waals surface area contributed by atoms with E-state index in [9.17, 15) is 8.42 Å². The van der Waals surface area contributed by atoms with E-state index >= 15 is 0 Å². The molecule has 0 aromatic heterocycles. The fourth-order valence-corrected chi connectivity index (χ4v) is 0.747. The van der Waals surface area contributed by atoms with Crippen molar-refractivity contribution in [1.82, 2.24) is 0 Å². The van der Waals surface area contributed by atoms with E-state index in [0.29, 0.717) is 0 Å². The van der Waals surface area contributed by atoms with Gasteiger partial charge in [0, 0.05) is 0 Å². The van der Waals surface area contributed by atoms with Gasteiger partial charge in [0.1, 0.15) is 4.84 Å². The van der Waals surface area contributed by atoms with E-state index in [2.05, 4.69) is 9.32 Å². The maximum Gasteiger partial charge on any atom is 0.333 e. The zero-order valence-corrected chi connectivity index (χ0v) is 6.58. The fourth-order valence-electron chi connectivity index (χ4n) is 0.146. The summed E-state index contributed by atoms with van der Waals surface area (Å²) >= 11 is 10.2. The van der Waals surface area contributed by atoms with Crippen LogP contribution in [0.2, 0.25) is 0 Å². The fraction of sp³-hybridized carbons (Fsp3) is 1.00. The van der Waals surface area contributed by atoms with Gasteiger partial charge in [-0.15, -0.1) is 23.2 Å². The van der Waals surface area contributed by atoms with E-state index in [1.807, 2.05) is 0 Å². The lowest BCUT2D eigenvalue weighted by atomic mass is 10.9. The van der Waals surface area contributed by atoms with Crippen molar-refractivity contribution < 1.29 is 12.6 Å². The van der Waals surface area contributed by atoms with Gasteiger partial charge in [0.25, 0.3) is 0 Å². The van der Waals surface area contributed by atoms with E-state index in [1.54, 1.807) is 0 Å². The first-order chi connectivity index (χ1) is 3.92. The minimum Gasteiger partial charge on any atom is -0.255 e. The molecule has 0 heterocycles. The second kappa shape index (κ2) is 3.58. The zero-order chi connectivity index (χ0) is 7.49. The minimum atomic E-state index is -3.89. The van der Waals surface area contributed by atoms with Gasteiger partial charge in [-0.25, -0.2) is 5.14 Å². The highest BCUT2D eigenvalue weighted by molar-refractivity contribution is 7.84. The summed E-state index contributed by atoms with van der Waals surface area (Å²) in [5, 5.41) is 4.42. The van der Waals surface area contributed by atoms with Crippen LogP contribution in [0.25, 0.3) is 0 Å². The average Bonchev–Trinajstić information content (AvgIpc) is 1.59. The van der Waals surface area contributed by atoms with Gasteiger partial charge in [0.05, 0.1) is 6.61 Å². The number of halogens is 2. The Morgan fingerprint density at radius 3 is 2.11 bits per heavy atom. The highest BCUT2D eigenvalue weighted by Gasteiger charge is 2.05. The van der Waals surface area contributed by atoms with Crippen LogP contribution in [0.5, 0.6) is 0 Å². The van der Waals surface area contributed by atoms with E-state index in [-0.39, 0.29) is 6.61 Å². The average molecular weight is 194 g/mol. The first-order valence-electron chi connectivity index (χ1n) is 1.87. The van der Waals surface area contributed by atoms with Crippen LogP contribution in [-0.2, 0) is 14.5 Å². The molecule has 0 saturated heterocycles. The third kappa shape index (κ3) is 8.45. The molecule has 56 valence electrons. The second-order valence-electron chi connectivity index (χ2n) is 1.17. The maximum atomic E-state index is 9.97. The topological polar surface area (TPSA) is 69.4 Å². The van der Waals surface area contributed by atoms with Crippen molar-refractivity contribution in [3.8, 4) is 0 Å². The molecule has 0 fully saturated rings. The van der Waals surface area contributed by atoms with Crippen LogP contribution in [0.3, 0.4) is 0 Å². The van der Waals surface area contributed by atoms with Crippen molar-refractivity contribution in [2.24, 2.45) is 5.14 Å². The van der Waals surface area contributed by atoms with Crippen molar-refractivity contribution in [1.29, 1.82) is 0 Å². The molecule has 0 spiro atoms. The zero-order valence-electron chi connectivity index (χ0n) is 4.25. The smallest absolute Gasteiger partial charge is 0.255 e. The van der Waals surface area contributed by atoms with Crippen molar-refractivity contribution in [3.63, 3.8) is 0 Å². The molecular weight excluding hydrogens is 189 g/mol. The van der Waals surface area contributed by atoms with Crippen LogP contribution < -0.4 is 5.14 Å². The molecule has 0 atom stereocenters. The van der Waals surface area contributed by atoms with E-state index in [4.69, 9.17) is 23.2 Å². The predicted octanol–water partition coefficient (Wildman–Crippen LogP) is 0.0102. The van der Waals surface area contributed by atoms with Gasteiger partial charge in [-0.1, -0.05) is 0 Å². The normalized spacial score (nSPS) is 12.4. The molecule has 7 heteroatoms. The lowest BCUT2D eigenvalue weighted by Gasteiger charge is -1.98. The molecule has 2 N–H and O–H groups in total. The van der Waals surface area contributed by atoms with Crippen LogP contribution in [0.15, 0.2) is 0 Å². The maximum absolute atomic E-state index is 9.97. The monoisotopic (exact) mass is 193 g/mol. The van der Waals surface area contributed by atoms with Crippen molar-refractivity contribution in [2.75, 3.05) is 6.61 Å². The Bertz CT molecular complexity index is 165. The lowest BCUT2D eigenvalue weighted by Crippen LogP contribution is -2.18. The molecule has 0 aliphatic rings. The first-order valence-corrected chi connectivity index (χ1v) is 4.21. The molecule has 0 rings (SSSR count). The van der Waals surface area contributed by atoms with Crippen LogP contribution in [0.4, 0.5) is 0 Å². The molecule has 9 heavy (non-hydrogen) atoms. The summed E-state index contributed by atoms with van der Waals surface area (Å²) in [7, 11) is -3.89. The molecule has 4 nitrogen and oxygen atoms in total. The highest BCUT2D eigenvalue weighted by Crippen LogP contribution is 2.01. The summed E-state index contributed by atoms with van der Waals surface area (Å²) < 4.78 is 23.9. The summed E-state index contributed by atoms with van der Waals surface area (Å²) in [4.78, 5) is -0.872. The Morgan fingerprint density at radius 2 is 2.00 bits per heavy atom. The molecular formula is C2H5Cl2NO3S. The van der Waals surface area contributed by atoms with Gasteiger partial charge in [0.2, 0.25) is 0 Å². The van der Waals surface area contributed by atoms with E-state index in [0.717, 1.165) is 0 Å². The largest absolute Gasteiger partial charge is 0.333 e. The standard InChI is InChI=1S/C2H5Cl2NO3S/c3-2(4)1-8-9(5,6)7/h2H,1H2,(H2,5,6,7). The summed E-state index contributed by atoms with van der Waals surface area (Å²) in [5.74, 6) is 0. The molecule has 0 aromatic carbocycles.